The fraction of sp³-hybridized carbons (Fsp3) is 0. The van der Waals surface area contributed by atoms with E-state index in [9.17, 15) is 0 Å². The van der Waals surface area contributed by atoms with Crippen LogP contribution in [0.3, 0.4) is 0 Å². The van der Waals surface area contributed by atoms with Crippen LogP contribution in [0.1, 0.15) is 0 Å². The maximum Gasteiger partial charge on any atom is 0.234 e. The minimum Gasteiger partial charge on any atom is -0.309 e. The summed E-state index contributed by atoms with van der Waals surface area (Å²) in [6, 6.07) is 63.7. The molecule has 5 heteroatoms. The fourth-order valence-electron chi connectivity index (χ4n) is 9.04. The highest BCUT2D eigenvalue weighted by Crippen LogP contribution is 2.42. The number of benzene rings is 8. The first-order chi connectivity index (χ1) is 27.3. The van der Waals surface area contributed by atoms with Gasteiger partial charge in [-0.05, 0) is 83.2 Å². The van der Waals surface area contributed by atoms with Crippen LogP contribution < -0.4 is 0 Å². The Labute approximate surface area is 315 Å². The lowest BCUT2D eigenvalue weighted by Crippen LogP contribution is -1.99. The summed E-state index contributed by atoms with van der Waals surface area (Å²) in [6.07, 6.45) is 3.60. The van der Waals surface area contributed by atoms with E-state index in [1.54, 1.807) is 12.4 Å². The van der Waals surface area contributed by atoms with Crippen molar-refractivity contribution in [3.8, 4) is 28.5 Å². The third-order valence-electron chi connectivity index (χ3n) is 11.4. The van der Waals surface area contributed by atoms with Gasteiger partial charge in [-0.15, -0.1) is 0 Å². The molecule has 8 aromatic carbocycles. The average Bonchev–Trinajstić information content (AvgIpc) is 3.89. The van der Waals surface area contributed by atoms with Crippen molar-refractivity contribution in [2.75, 3.05) is 0 Å². The lowest BCUT2D eigenvalue weighted by Gasteiger charge is -2.13. The van der Waals surface area contributed by atoms with Gasteiger partial charge in [0.25, 0.3) is 0 Å². The first-order valence-corrected chi connectivity index (χ1v) is 18.7. The Kier molecular flexibility index (Phi) is 6.27. The van der Waals surface area contributed by atoms with Crippen LogP contribution in [0.2, 0.25) is 0 Å². The van der Waals surface area contributed by atoms with Gasteiger partial charge >= 0.3 is 0 Å². The van der Waals surface area contributed by atoms with Crippen molar-refractivity contribution in [1.29, 1.82) is 0 Å². The van der Waals surface area contributed by atoms with E-state index in [0.717, 1.165) is 11.0 Å². The Morgan fingerprint density at radius 1 is 0.309 bits per heavy atom. The monoisotopic (exact) mass is 701 g/mol. The first kappa shape index (κ1) is 30.0. The third-order valence-corrected chi connectivity index (χ3v) is 11.4. The van der Waals surface area contributed by atoms with Crippen LogP contribution in [0.15, 0.2) is 188 Å². The lowest BCUT2D eigenvalue weighted by atomic mass is 10.0. The van der Waals surface area contributed by atoms with Gasteiger partial charge in [-0.3, -0.25) is 4.57 Å². The van der Waals surface area contributed by atoms with E-state index in [1.165, 1.54) is 87.7 Å². The highest BCUT2D eigenvalue weighted by atomic mass is 15.1. The SMILES string of the molecule is c1cnc(-n2c3ccccc3c3cc(-c4ccc5c(c4)c4ccccc4n5-c4cccc5c4c4ccccc4n5-c4cccc5ccccc45)ccc32)nc1. The molecule has 0 N–H and O–H groups in total. The molecule has 0 unspecified atom stereocenters. The molecule has 5 nitrogen and oxygen atoms in total. The number of aromatic nitrogens is 5. The van der Waals surface area contributed by atoms with Crippen LogP contribution in [0, 0.1) is 0 Å². The van der Waals surface area contributed by atoms with Gasteiger partial charge in [0.2, 0.25) is 5.95 Å². The fourth-order valence-corrected chi connectivity index (χ4v) is 9.04. The normalized spacial score (nSPS) is 12.0. The van der Waals surface area contributed by atoms with Crippen LogP contribution in [0.4, 0.5) is 0 Å². The number of rotatable bonds is 4. The number of nitrogens with zero attached hydrogens (tertiary/aromatic N) is 5. The van der Waals surface area contributed by atoms with Crippen LogP contribution >= 0.6 is 0 Å². The highest BCUT2D eigenvalue weighted by molar-refractivity contribution is 6.18. The molecule has 0 saturated carbocycles. The van der Waals surface area contributed by atoms with Crippen molar-refractivity contribution < 1.29 is 0 Å². The summed E-state index contributed by atoms with van der Waals surface area (Å²) in [7, 11) is 0. The summed E-state index contributed by atoms with van der Waals surface area (Å²) in [5, 5.41) is 9.75. The van der Waals surface area contributed by atoms with Gasteiger partial charge in [0, 0.05) is 50.1 Å². The maximum atomic E-state index is 4.60. The Balaban J connectivity index is 1.09. The second kappa shape index (κ2) is 11.5. The zero-order valence-electron chi connectivity index (χ0n) is 29.6. The molecule has 0 aliphatic rings. The molecule has 12 rings (SSSR count). The molecule has 0 radical (unpaired) electrons. The van der Waals surface area contributed by atoms with Gasteiger partial charge < -0.3 is 9.13 Å². The molecule has 0 bridgehead atoms. The Morgan fingerprint density at radius 2 is 0.782 bits per heavy atom. The highest BCUT2D eigenvalue weighted by Gasteiger charge is 2.21. The number of hydrogen-bond acceptors (Lipinski definition) is 2. The molecule has 256 valence electrons. The van der Waals surface area contributed by atoms with Gasteiger partial charge in [-0.2, -0.15) is 0 Å². The molecule has 0 fully saturated rings. The first-order valence-electron chi connectivity index (χ1n) is 18.7. The van der Waals surface area contributed by atoms with Gasteiger partial charge in [0.1, 0.15) is 0 Å². The van der Waals surface area contributed by atoms with Crippen LogP contribution in [-0.2, 0) is 0 Å². The van der Waals surface area contributed by atoms with Crippen LogP contribution in [0.5, 0.6) is 0 Å². The Hall–Kier alpha value is -7.50. The smallest absolute Gasteiger partial charge is 0.234 e. The van der Waals surface area contributed by atoms with Gasteiger partial charge in [0.05, 0.1) is 44.5 Å². The molecule has 0 spiro atoms. The molecule has 4 aromatic heterocycles. The van der Waals surface area contributed by atoms with E-state index >= 15 is 0 Å². The summed E-state index contributed by atoms with van der Waals surface area (Å²) in [4.78, 5) is 9.21. The topological polar surface area (TPSA) is 40.6 Å². The molecular weight excluding hydrogens is 671 g/mol. The largest absolute Gasteiger partial charge is 0.309 e. The van der Waals surface area contributed by atoms with Gasteiger partial charge in [0.15, 0.2) is 0 Å². The molecule has 0 aliphatic heterocycles. The minimum absolute atomic E-state index is 0.672. The third kappa shape index (κ3) is 4.29. The van der Waals surface area contributed by atoms with E-state index in [2.05, 4.69) is 194 Å². The molecule has 4 heterocycles. The van der Waals surface area contributed by atoms with E-state index in [1.807, 2.05) is 6.07 Å². The molecule has 55 heavy (non-hydrogen) atoms. The maximum absolute atomic E-state index is 4.60. The van der Waals surface area contributed by atoms with Crippen molar-refractivity contribution in [3.05, 3.63) is 188 Å². The van der Waals surface area contributed by atoms with Crippen molar-refractivity contribution in [2.45, 2.75) is 0 Å². The van der Waals surface area contributed by atoms with E-state index in [4.69, 9.17) is 0 Å². The average molecular weight is 702 g/mol. The molecule has 0 atom stereocenters. The molecule has 0 aliphatic carbocycles. The Morgan fingerprint density at radius 3 is 1.49 bits per heavy atom. The van der Waals surface area contributed by atoms with Crippen LogP contribution in [-0.4, -0.2) is 23.7 Å². The second-order valence-corrected chi connectivity index (χ2v) is 14.2. The zero-order valence-corrected chi connectivity index (χ0v) is 29.6. The summed E-state index contributed by atoms with van der Waals surface area (Å²) < 4.78 is 7.07. The van der Waals surface area contributed by atoms with E-state index in [0.29, 0.717) is 5.95 Å². The summed E-state index contributed by atoms with van der Waals surface area (Å²) in [5.74, 6) is 0.672. The van der Waals surface area contributed by atoms with Crippen molar-refractivity contribution in [3.63, 3.8) is 0 Å². The number of hydrogen-bond donors (Lipinski definition) is 0. The zero-order chi connectivity index (χ0) is 36.0. The summed E-state index contributed by atoms with van der Waals surface area (Å²) in [5.41, 5.74) is 11.6. The summed E-state index contributed by atoms with van der Waals surface area (Å²) >= 11 is 0. The molecule has 12 aromatic rings. The lowest BCUT2D eigenvalue weighted by molar-refractivity contribution is 0.988. The quantitative estimate of drug-likeness (QED) is 0.183. The Bertz CT molecular complexity index is 3490. The number of fused-ring (bicyclic) bond motifs is 10. The number of para-hydroxylation sites is 3. The minimum atomic E-state index is 0.672. The van der Waals surface area contributed by atoms with Gasteiger partial charge in [-0.25, -0.2) is 9.97 Å². The van der Waals surface area contributed by atoms with Crippen molar-refractivity contribution >= 4 is 76.2 Å². The predicted octanol–water partition coefficient (Wildman–Crippen LogP) is 12.6. The van der Waals surface area contributed by atoms with Crippen molar-refractivity contribution in [2.24, 2.45) is 0 Å². The second-order valence-electron chi connectivity index (χ2n) is 14.2. The van der Waals surface area contributed by atoms with E-state index in [-0.39, 0.29) is 0 Å². The standard InChI is InChI=1S/C50H31N5/c1-2-14-35-32(12-1)13-9-21-41(35)53-44-20-8-5-17-38(44)49-47(53)22-10-23-48(49)54-42-18-6-3-15-36(42)39-30-33(24-26-45(39)54)34-25-27-46-40(31-34)37-16-4-7-19-43(37)55(46)50-51-28-11-29-52-50/h1-31H. The molecule has 0 amide bonds. The van der Waals surface area contributed by atoms with Crippen LogP contribution in [0.25, 0.3) is 105 Å². The summed E-state index contributed by atoms with van der Waals surface area (Å²) in [6.45, 7) is 0. The molecule has 0 saturated heterocycles. The van der Waals surface area contributed by atoms with E-state index < -0.39 is 0 Å². The van der Waals surface area contributed by atoms with Crippen molar-refractivity contribution in [1.82, 2.24) is 23.7 Å². The predicted molar refractivity (Wildman–Crippen MR) is 228 cm³/mol. The molecular formula is C50H31N5. The van der Waals surface area contributed by atoms with Gasteiger partial charge in [-0.1, -0.05) is 109 Å².